The van der Waals surface area contributed by atoms with Gasteiger partial charge in [-0.1, -0.05) is 30.3 Å². The standard InChI is InChI=1S/C24H34N2O/c1-18-17-26(10-9-25(18)8-7-19-5-3-2-4-6-19)23(27)24-14-20-11-21(15-24)13-22(12-20)16-24/h2-6,18,20-22H,7-17H2,1H3. The lowest BCUT2D eigenvalue weighted by molar-refractivity contribution is -0.160. The first-order valence-corrected chi connectivity index (χ1v) is 11.2. The number of amides is 1. The molecular weight excluding hydrogens is 332 g/mol. The zero-order valence-corrected chi connectivity index (χ0v) is 16.8. The first-order valence-electron chi connectivity index (χ1n) is 11.2. The van der Waals surface area contributed by atoms with Crippen molar-refractivity contribution in [2.75, 3.05) is 26.2 Å². The lowest BCUT2D eigenvalue weighted by atomic mass is 9.49. The monoisotopic (exact) mass is 366 g/mol. The maximum absolute atomic E-state index is 13.6. The van der Waals surface area contributed by atoms with Gasteiger partial charge in [0.2, 0.25) is 5.91 Å². The lowest BCUT2D eigenvalue weighted by Crippen LogP contribution is -2.60. The van der Waals surface area contributed by atoms with Crippen LogP contribution in [0.4, 0.5) is 0 Å². The summed E-state index contributed by atoms with van der Waals surface area (Å²) in [4.78, 5) is 18.4. The third-order valence-electron chi connectivity index (χ3n) is 8.07. The van der Waals surface area contributed by atoms with Crippen LogP contribution in [0.25, 0.3) is 0 Å². The molecule has 4 bridgehead atoms. The summed E-state index contributed by atoms with van der Waals surface area (Å²) in [5.74, 6) is 3.08. The molecule has 0 spiro atoms. The second-order valence-electron chi connectivity index (χ2n) is 10.1. The van der Waals surface area contributed by atoms with Gasteiger partial charge in [0, 0.05) is 32.2 Å². The topological polar surface area (TPSA) is 23.6 Å². The zero-order chi connectivity index (χ0) is 18.4. The fraction of sp³-hybridized carbons (Fsp3) is 0.708. The Kier molecular flexibility index (Phi) is 4.54. The van der Waals surface area contributed by atoms with Gasteiger partial charge in [-0.3, -0.25) is 9.69 Å². The van der Waals surface area contributed by atoms with Crippen molar-refractivity contribution in [3.63, 3.8) is 0 Å². The number of piperazine rings is 1. The molecular formula is C24H34N2O. The van der Waals surface area contributed by atoms with Crippen LogP contribution >= 0.6 is 0 Å². The molecule has 0 aromatic heterocycles. The van der Waals surface area contributed by atoms with Gasteiger partial charge in [-0.15, -0.1) is 0 Å². The molecule has 1 aliphatic heterocycles. The van der Waals surface area contributed by atoms with E-state index in [9.17, 15) is 4.79 Å². The van der Waals surface area contributed by atoms with E-state index < -0.39 is 0 Å². The van der Waals surface area contributed by atoms with Gasteiger partial charge in [-0.05, 0) is 75.2 Å². The Bertz CT molecular complexity index is 650. The molecule has 3 heteroatoms. The van der Waals surface area contributed by atoms with Crippen molar-refractivity contribution in [2.45, 2.75) is 57.9 Å². The van der Waals surface area contributed by atoms with E-state index in [4.69, 9.17) is 0 Å². The highest BCUT2D eigenvalue weighted by Crippen LogP contribution is 2.60. The van der Waals surface area contributed by atoms with Crippen molar-refractivity contribution >= 4 is 5.91 Å². The molecule has 4 saturated carbocycles. The Labute approximate surface area is 164 Å². The summed E-state index contributed by atoms with van der Waals surface area (Å²) in [6.07, 6.45) is 8.93. The number of nitrogens with zero attached hydrogens (tertiary/aromatic N) is 2. The Morgan fingerprint density at radius 3 is 2.22 bits per heavy atom. The summed E-state index contributed by atoms with van der Waals surface area (Å²) < 4.78 is 0. The first-order chi connectivity index (χ1) is 13.1. The summed E-state index contributed by atoms with van der Waals surface area (Å²) >= 11 is 0. The van der Waals surface area contributed by atoms with Crippen LogP contribution in [0.5, 0.6) is 0 Å². The molecule has 1 aromatic rings. The van der Waals surface area contributed by atoms with Crippen LogP contribution in [0.1, 0.15) is 51.0 Å². The number of carbonyl (C=O) groups is 1. The van der Waals surface area contributed by atoms with Gasteiger partial charge in [0.25, 0.3) is 0 Å². The predicted octanol–water partition coefficient (Wildman–Crippen LogP) is 3.98. The molecule has 0 N–H and O–H groups in total. The average molecular weight is 367 g/mol. The van der Waals surface area contributed by atoms with Crippen LogP contribution < -0.4 is 0 Å². The molecule has 5 fully saturated rings. The smallest absolute Gasteiger partial charge is 0.228 e. The van der Waals surface area contributed by atoms with Gasteiger partial charge in [0.1, 0.15) is 0 Å². The van der Waals surface area contributed by atoms with Crippen molar-refractivity contribution in [2.24, 2.45) is 23.2 Å². The average Bonchev–Trinajstić information content (AvgIpc) is 2.66. The highest BCUT2D eigenvalue weighted by molar-refractivity contribution is 5.83. The molecule has 1 heterocycles. The molecule has 1 atom stereocenters. The van der Waals surface area contributed by atoms with E-state index in [-0.39, 0.29) is 5.41 Å². The van der Waals surface area contributed by atoms with Crippen molar-refractivity contribution in [1.82, 2.24) is 9.80 Å². The van der Waals surface area contributed by atoms with Crippen molar-refractivity contribution in [3.8, 4) is 0 Å². The van der Waals surface area contributed by atoms with E-state index in [0.29, 0.717) is 11.9 Å². The minimum atomic E-state index is 0.0285. The van der Waals surface area contributed by atoms with Crippen LogP contribution in [0.3, 0.4) is 0 Å². The van der Waals surface area contributed by atoms with Crippen molar-refractivity contribution in [3.05, 3.63) is 35.9 Å². The number of benzene rings is 1. The molecule has 1 saturated heterocycles. The van der Waals surface area contributed by atoms with Crippen LogP contribution in [-0.4, -0.2) is 47.9 Å². The van der Waals surface area contributed by atoms with Gasteiger partial charge < -0.3 is 4.90 Å². The van der Waals surface area contributed by atoms with E-state index >= 15 is 0 Å². The van der Waals surface area contributed by atoms with E-state index in [1.807, 2.05) is 0 Å². The fourth-order valence-corrected chi connectivity index (χ4v) is 7.14. The molecule has 3 nitrogen and oxygen atoms in total. The molecule has 146 valence electrons. The molecule has 1 aromatic carbocycles. The van der Waals surface area contributed by atoms with Crippen LogP contribution in [-0.2, 0) is 11.2 Å². The summed E-state index contributed by atoms with van der Waals surface area (Å²) in [6, 6.07) is 11.2. The summed E-state index contributed by atoms with van der Waals surface area (Å²) in [6.45, 7) is 6.30. The second kappa shape index (κ2) is 6.92. The zero-order valence-electron chi connectivity index (χ0n) is 16.8. The second-order valence-corrected chi connectivity index (χ2v) is 10.1. The molecule has 6 rings (SSSR count). The minimum absolute atomic E-state index is 0.0285. The van der Waals surface area contributed by atoms with E-state index in [2.05, 4.69) is 47.1 Å². The van der Waals surface area contributed by atoms with Gasteiger partial charge in [-0.2, -0.15) is 0 Å². The third-order valence-corrected chi connectivity index (χ3v) is 8.07. The van der Waals surface area contributed by atoms with E-state index in [0.717, 1.165) is 50.4 Å². The van der Waals surface area contributed by atoms with Crippen LogP contribution in [0, 0.1) is 23.2 Å². The number of hydrogen-bond acceptors (Lipinski definition) is 2. The third kappa shape index (κ3) is 3.33. The van der Waals surface area contributed by atoms with E-state index in [1.54, 1.807) is 0 Å². The maximum Gasteiger partial charge on any atom is 0.228 e. The van der Waals surface area contributed by atoms with Crippen molar-refractivity contribution < 1.29 is 4.79 Å². The Morgan fingerprint density at radius 2 is 1.63 bits per heavy atom. The molecule has 1 amide bonds. The highest BCUT2D eigenvalue weighted by atomic mass is 16.2. The van der Waals surface area contributed by atoms with Crippen molar-refractivity contribution in [1.29, 1.82) is 0 Å². The summed E-state index contributed by atoms with van der Waals surface area (Å²) in [5, 5.41) is 0. The molecule has 1 unspecified atom stereocenters. The van der Waals surface area contributed by atoms with Gasteiger partial charge in [0.15, 0.2) is 0 Å². The first kappa shape index (κ1) is 17.7. The summed E-state index contributed by atoms with van der Waals surface area (Å²) in [5.41, 5.74) is 1.44. The lowest BCUT2D eigenvalue weighted by Gasteiger charge is -2.57. The highest BCUT2D eigenvalue weighted by Gasteiger charge is 2.55. The SMILES string of the molecule is CC1CN(C(=O)C23CC4CC(CC(C4)C2)C3)CCN1CCc1ccccc1. The summed E-state index contributed by atoms with van der Waals surface area (Å²) in [7, 11) is 0. The molecule has 4 aliphatic carbocycles. The number of hydrogen-bond donors (Lipinski definition) is 0. The predicted molar refractivity (Wildman–Crippen MR) is 108 cm³/mol. The van der Waals surface area contributed by atoms with Gasteiger partial charge in [-0.25, -0.2) is 0 Å². The van der Waals surface area contributed by atoms with Gasteiger partial charge >= 0.3 is 0 Å². The largest absolute Gasteiger partial charge is 0.339 e. The van der Waals surface area contributed by atoms with E-state index in [1.165, 1.54) is 44.1 Å². The number of rotatable bonds is 4. The van der Waals surface area contributed by atoms with Crippen LogP contribution in [0.15, 0.2) is 30.3 Å². The Morgan fingerprint density at radius 1 is 1.00 bits per heavy atom. The molecule has 27 heavy (non-hydrogen) atoms. The number of carbonyl (C=O) groups excluding carboxylic acids is 1. The molecule has 5 aliphatic rings. The Balaban J connectivity index is 1.20. The normalized spacial score (nSPS) is 38.3. The fourth-order valence-electron chi connectivity index (χ4n) is 7.14. The molecule has 0 radical (unpaired) electrons. The van der Waals surface area contributed by atoms with Gasteiger partial charge in [0.05, 0.1) is 5.41 Å². The Hall–Kier alpha value is -1.35. The minimum Gasteiger partial charge on any atom is -0.339 e. The quantitative estimate of drug-likeness (QED) is 0.805. The maximum atomic E-state index is 13.6. The van der Waals surface area contributed by atoms with Crippen LogP contribution in [0.2, 0.25) is 0 Å².